The molecule has 4 nitrogen and oxygen atoms in total. The first-order valence-electron chi connectivity index (χ1n) is 6.61. The van der Waals surface area contributed by atoms with Crippen molar-refractivity contribution in [2.45, 2.75) is 13.3 Å². The third-order valence-corrected chi connectivity index (χ3v) is 3.53. The molecule has 1 aromatic carbocycles. The van der Waals surface area contributed by atoms with Crippen molar-refractivity contribution in [2.75, 3.05) is 20.1 Å². The Bertz CT molecular complexity index is 628. The van der Waals surface area contributed by atoms with E-state index in [2.05, 4.69) is 31.5 Å². The molecular formula is C15H18BrN3O. The molecule has 2 rings (SSSR count). The lowest BCUT2D eigenvalue weighted by Gasteiger charge is -2.09. The molecule has 1 aromatic heterocycles. The van der Waals surface area contributed by atoms with Crippen molar-refractivity contribution in [1.82, 2.24) is 15.6 Å². The third-order valence-electron chi connectivity index (χ3n) is 3.03. The Kier molecular flexibility index (Phi) is 5.09. The molecule has 0 aliphatic carbocycles. The monoisotopic (exact) mass is 335 g/mol. The molecule has 0 radical (unpaired) electrons. The van der Waals surface area contributed by atoms with Crippen LogP contribution in [0, 0.1) is 6.92 Å². The quantitative estimate of drug-likeness (QED) is 0.826. The highest BCUT2D eigenvalue weighted by atomic mass is 79.9. The Morgan fingerprint density at radius 1 is 1.30 bits per heavy atom. The number of pyridine rings is 1. The summed E-state index contributed by atoms with van der Waals surface area (Å²) in [6.07, 6.45) is 0.911. The van der Waals surface area contributed by atoms with E-state index in [1.165, 1.54) is 0 Å². The predicted octanol–water partition coefficient (Wildman–Crippen LogP) is 2.65. The number of hydrogen-bond donors (Lipinski definition) is 2. The van der Waals surface area contributed by atoms with Gasteiger partial charge >= 0.3 is 0 Å². The minimum Gasteiger partial charge on any atom is -0.352 e. The summed E-state index contributed by atoms with van der Waals surface area (Å²) in [6, 6.07) is 7.63. The molecule has 2 aromatic rings. The number of aryl methyl sites for hydroxylation is 1. The van der Waals surface area contributed by atoms with Crippen molar-refractivity contribution >= 4 is 32.7 Å². The molecule has 5 heteroatoms. The van der Waals surface area contributed by atoms with Crippen LogP contribution in [0.5, 0.6) is 0 Å². The van der Waals surface area contributed by atoms with Crippen LogP contribution in [-0.4, -0.2) is 31.0 Å². The summed E-state index contributed by atoms with van der Waals surface area (Å²) < 4.78 is 0.944. The van der Waals surface area contributed by atoms with Crippen LogP contribution in [0.25, 0.3) is 10.9 Å². The molecule has 0 saturated carbocycles. The lowest BCUT2D eigenvalue weighted by Crippen LogP contribution is -2.27. The number of nitrogens with one attached hydrogen (secondary N) is 2. The van der Waals surface area contributed by atoms with Gasteiger partial charge in [-0.2, -0.15) is 0 Å². The zero-order valence-corrected chi connectivity index (χ0v) is 13.3. The van der Waals surface area contributed by atoms with Crippen molar-refractivity contribution in [3.05, 3.63) is 40.0 Å². The fourth-order valence-corrected chi connectivity index (χ4v) is 2.44. The average Bonchev–Trinajstić information content (AvgIpc) is 2.43. The van der Waals surface area contributed by atoms with Crippen LogP contribution in [0.15, 0.2) is 28.7 Å². The summed E-state index contributed by atoms with van der Waals surface area (Å²) >= 11 is 3.44. The van der Waals surface area contributed by atoms with Gasteiger partial charge in [-0.3, -0.25) is 9.78 Å². The SMILES string of the molecule is CNCCCNC(=O)c1cc(C)nc2ccc(Br)cc12. The van der Waals surface area contributed by atoms with Crippen molar-refractivity contribution in [1.29, 1.82) is 0 Å². The molecule has 0 spiro atoms. The maximum absolute atomic E-state index is 12.3. The lowest BCUT2D eigenvalue weighted by molar-refractivity contribution is 0.0955. The van der Waals surface area contributed by atoms with Gasteiger partial charge < -0.3 is 10.6 Å². The van der Waals surface area contributed by atoms with Crippen LogP contribution in [0.3, 0.4) is 0 Å². The van der Waals surface area contributed by atoms with E-state index in [9.17, 15) is 4.79 Å². The Morgan fingerprint density at radius 3 is 2.85 bits per heavy atom. The first kappa shape index (κ1) is 14.9. The first-order chi connectivity index (χ1) is 9.61. The fourth-order valence-electron chi connectivity index (χ4n) is 2.08. The van der Waals surface area contributed by atoms with Crippen molar-refractivity contribution in [2.24, 2.45) is 0 Å². The highest BCUT2D eigenvalue weighted by molar-refractivity contribution is 9.10. The van der Waals surface area contributed by atoms with Crippen molar-refractivity contribution in [3.63, 3.8) is 0 Å². The number of hydrogen-bond acceptors (Lipinski definition) is 3. The van der Waals surface area contributed by atoms with E-state index >= 15 is 0 Å². The molecule has 0 saturated heterocycles. The first-order valence-corrected chi connectivity index (χ1v) is 7.41. The van der Waals surface area contributed by atoms with E-state index < -0.39 is 0 Å². The summed E-state index contributed by atoms with van der Waals surface area (Å²) in [4.78, 5) is 16.8. The predicted molar refractivity (Wildman–Crippen MR) is 85.1 cm³/mol. The Balaban J connectivity index is 2.27. The molecule has 0 unspecified atom stereocenters. The Morgan fingerprint density at radius 2 is 2.10 bits per heavy atom. The minimum atomic E-state index is -0.0466. The number of carbonyl (C=O) groups excluding carboxylic acids is 1. The van der Waals surface area contributed by atoms with Gasteiger partial charge in [0.25, 0.3) is 5.91 Å². The van der Waals surface area contributed by atoms with Gasteiger partial charge in [0.15, 0.2) is 0 Å². The smallest absolute Gasteiger partial charge is 0.252 e. The minimum absolute atomic E-state index is 0.0466. The van der Waals surface area contributed by atoms with Gasteiger partial charge in [0.05, 0.1) is 11.1 Å². The van der Waals surface area contributed by atoms with E-state index in [0.717, 1.165) is 34.0 Å². The Hall–Kier alpha value is -1.46. The molecule has 1 heterocycles. The highest BCUT2D eigenvalue weighted by Crippen LogP contribution is 2.22. The summed E-state index contributed by atoms with van der Waals surface area (Å²) in [5.74, 6) is -0.0466. The summed E-state index contributed by atoms with van der Waals surface area (Å²) in [5.41, 5.74) is 2.37. The number of halogens is 1. The number of aromatic nitrogens is 1. The summed E-state index contributed by atoms with van der Waals surface area (Å²) in [5, 5.41) is 6.88. The van der Waals surface area contributed by atoms with Gasteiger partial charge in [-0.15, -0.1) is 0 Å². The molecule has 1 amide bonds. The van der Waals surface area contributed by atoms with Gasteiger partial charge in [-0.1, -0.05) is 15.9 Å². The molecule has 0 bridgehead atoms. The second-order valence-corrected chi connectivity index (χ2v) is 5.60. The topological polar surface area (TPSA) is 54.0 Å². The largest absolute Gasteiger partial charge is 0.352 e. The lowest BCUT2D eigenvalue weighted by atomic mass is 10.1. The number of rotatable bonds is 5. The van der Waals surface area contributed by atoms with E-state index in [4.69, 9.17) is 0 Å². The molecule has 0 aliphatic heterocycles. The van der Waals surface area contributed by atoms with E-state index in [1.54, 1.807) is 0 Å². The van der Waals surface area contributed by atoms with E-state index in [0.29, 0.717) is 12.1 Å². The fraction of sp³-hybridized carbons (Fsp3) is 0.333. The maximum Gasteiger partial charge on any atom is 0.252 e. The highest BCUT2D eigenvalue weighted by Gasteiger charge is 2.11. The van der Waals surface area contributed by atoms with Gasteiger partial charge in [0, 0.05) is 22.1 Å². The van der Waals surface area contributed by atoms with Gasteiger partial charge in [-0.25, -0.2) is 0 Å². The van der Waals surface area contributed by atoms with E-state index in [1.807, 2.05) is 38.2 Å². The molecule has 0 fully saturated rings. The second kappa shape index (κ2) is 6.81. The molecule has 2 N–H and O–H groups in total. The molecule has 0 aliphatic rings. The standard InChI is InChI=1S/C15H18BrN3O/c1-10-8-13(15(20)18-7-3-6-17-2)12-9-11(16)4-5-14(12)19-10/h4-5,8-9,17H,3,6-7H2,1-2H3,(H,18,20). The van der Waals surface area contributed by atoms with Gasteiger partial charge in [0.2, 0.25) is 0 Å². The summed E-state index contributed by atoms with van der Waals surface area (Å²) in [6.45, 7) is 3.46. The van der Waals surface area contributed by atoms with Crippen LogP contribution < -0.4 is 10.6 Å². The number of nitrogens with zero attached hydrogens (tertiary/aromatic N) is 1. The maximum atomic E-state index is 12.3. The van der Waals surface area contributed by atoms with Crippen molar-refractivity contribution < 1.29 is 4.79 Å². The number of carbonyl (C=O) groups is 1. The molecular weight excluding hydrogens is 318 g/mol. The second-order valence-electron chi connectivity index (χ2n) is 4.69. The van der Waals surface area contributed by atoms with E-state index in [-0.39, 0.29) is 5.91 Å². The molecule has 0 atom stereocenters. The van der Waals surface area contributed by atoms with Crippen LogP contribution >= 0.6 is 15.9 Å². The van der Waals surface area contributed by atoms with Gasteiger partial charge in [0.1, 0.15) is 0 Å². The zero-order valence-electron chi connectivity index (χ0n) is 11.7. The number of fused-ring (bicyclic) bond motifs is 1. The van der Waals surface area contributed by atoms with Crippen LogP contribution in [0.2, 0.25) is 0 Å². The normalized spacial score (nSPS) is 10.8. The number of benzene rings is 1. The van der Waals surface area contributed by atoms with Gasteiger partial charge in [-0.05, 0) is 51.2 Å². The molecule has 106 valence electrons. The molecule has 20 heavy (non-hydrogen) atoms. The number of amides is 1. The van der Waals surface area contributed by atoms with Crippen molar-refractivity contribution in [3.8, 4) is 0 Å². The summed E-state index contributed by atoms with van der Waals surface area (Å²) in [7, 11) is 1.90. The third kappa shape index (κ3) is 3.55. The van der Waals surface area contributed by atoms with Crippen LogP contribution in [-0.2, 0) is 0 Å². The van der Waals surface area contributed by atoms with Crippen LogP contribution in [0.4, 0.5) is 0 Å². The average molecular weight is 336 g/mol. The van der Waals surface area contributed by atoms with Crippen LogP contribution in [0.1, 0.15) is 22.5 Å². The Labute approximate surface area is 127 Å². The zero-order chi connectivity index (χ0) is 14.5.